The van der Waals surface area contributed by atoms with Crippen LogP contribution in [-0.2, 0) is 11.3 Å². The summed E-state index contributed by atoms with van der Waals surface area (Å²) in [5, 5.41) is 6.08. The fourth-order valence-electron chi connectivity index (χ4n) is 3.11. The first-order chi connectivity index (χ1) is 15.0. The van der Waals surface area contributed by atoms with E-state index in [2.05, 4.69) is 25.6 Å². The molecule has 9 heteroatoms. The van der Waals surface area contributed by atoms with Crippen LogP contribution in [0.5, 0.6) is 5.75 Å². The van der Waals surface area contributed by atoms with Crippen LogP contribution in [0.3, 0.4) is 0 Å². The Bertz CT molecular complexity index is 1040. The summed E-state index contributed by atoms with van der Waals surface area (Å²) in [4.78, 5) is 26.5. The third kappa shape index (κ3) is 6.13. The molecule has 3 aromatic rings. The number of quaternary nitrogens is 1. The first-order valence-electron chi connectivity index (χ1n) is 10.1. The van der Waals surface area contributed by atoms with Gasteiger partial charge in [-0.25, -0.2) is 0 Å². The fraction of sp³-hybridized carbons (Fsp3) is 0.273. The van der Waals surface area contributed by atoms with E-state index in [-0.39, 0.29) is 18.4 Å². The second-order valence-electron chi connectivity index (χ2n) is 7.08. The van der Waals surface area contributed by atoms with Gasteiger partial charge < -0.3 is 26.0 Å². The number of para-hydroxylation sites is 3. The van der Waals surface area contributed by atoms with Gasteiger partial charge in [0.25, 0.3) is 5.91 Å². The molecule has 0 saturated heterocycles. The van der Waals surface area contributed by atoms with Crippen molar-refractivity contribution in [3.05, 3.63) is 59.9 Å². The van der Waals surface area contributed by atoms with E-state index in [1.807, 2.05) is 50.2 Å². The molecule has 9 nitrogen and oxygen atoms in total. The lowest BCUT2D eigenvalue weighted by molar-refractivity contribution is -0.904. The first-order valence-corrected chi connectivity index (χ1v) is 10.1. The van der Waals surface area contributed by atoms with Gasteiger partial charge in [-0.2, -0.15) is 15.0 Å². The summed E-state index contributed by atoms with van der Waals surface area (Å²) in [6.45, 7) is 5.40. The van der Waals surface area contributed by atoms with Crippen LogP contribution in [0.4, 0.5) is 23.3 Å². The van der Waals surface area contributed by atoms with Gasteiger partial charge in [0.05, 0.1) is 19.3 Å². The monoisotopic (exact) mass is 422 g/mol. The zero-order chi connectivity index (χ0) is 22.2. The smallest absolute Gasteiger partial charge is 0.279 e. The number of nitrogens with two attached hydrogens (primary N) is 1. The van der Waals surface area contributed by atoms with Gasteiger partial charge in [-0.15, -0.1) is 0 Å². The maximum Gasteiger partial charge on any atom is 0.279 e. The maximum atomic E-state index is 12.6. The molecule has 0 aliphatic carbocycles. The van der Waals surface area contributed by atoms with E-state index in [9.17, 15) is 4.79 Å². The van der Waals surface area contributed by atoms with Gasteiger partial charge in [0.1, 0.15) is 12.3 Å². The summed E-state index contributed by atoms with van der Waals surface area (Å²) in [6.07, 6.45) is 0. The van der Waals surface area contributed by atoms with Gasteiger partial charge in [-0.1, -0.05) is 30.3 Å². The summed E-state index contributed by atoms with van der Waals surface area (Å²) in [5.41, 5.74) is 8.50. The van der Waals surface area contributed by atoms with Crippen molar-refractivity contribution in [3.63, 3.8) is 0 Å². The number of aromatic nitrogens is 3. The Morgan fingerprint density at radius 1 is 1.06 bits per heavy atom. The number of carbonyl (C=O) groups is 1. The van der Waals surface area contributed by atoms with Crippen molar-refractivity contribution in [2.75, 3.05) is 36.6 Å². The second kappa shape index (κ2) is 10.4. The molecule has 1 heterocycles. The summed E-state index contributed by atoms with van der Waals surface area (Å²) in [7, 11) is 1.57. The first kappa shape index (κ1) is 22.0. The van der Waals surface area contributed by atoms with Crippen molar-refractivity contribution in [2.24, 2.45) is 0 Å². The standard InChI is InChI=1S/C22H27N7O2/c1-4-29(14-20(30)24-17-11-7-8-12-18(17)31-3)13-19-26-21(23)28-22(27-19)25-16-10-6-5-9-15(16)2/h5-12H,4,13-14H2,1-3H3,(H,24,30)(H3,23,25,26,27,28)/p+1. The molecule has 0 bridgehead atoms. The van der Waals surface area contributed by atoms with E-state index < -0.39 is 0 Å². The molecule has 2 aromatic carbocycles. The number of anilines is 4. The molecule has 5 N–H and O–H groups in total. The predicted octanol–water partition coefficient (Wildman–Crippen LogP) is 1.56. The van der Waals surface area contributed by atoms with Crippen molar-refractivity contribution in [1.29, 1.82) is 0 Å². The highest BCUT2D eigenvalue weighted by Crippen LogP contribution is 2.22. The van der Waals surface area contributed by atoms with Gasteiger partial charge in [0.2, 0.25) is 11.9 Å². The van der Waals surface area contributed by atoms with Crippen molar-refractivity contribution in [1.82, 2.24) is 15.0 Å². The number of nitrogens with zero attached hydrogens (tertiary/aromatic N) is 3. The molecule has 31 heavy (non-hydrogen) atoms. The zero-order valence-corrected chi connectivity index (χ0v) is 18.0. The number of aryl methyl sites for hydroxylation is 1. The zero-order valence-electron chi connectivity index (χ0n) is 18.0. The van der Waals surface area contributed by atoms with Gasteiger partial charge >= 0.3 is 0 Å². The van der Waals surface area contributed by atoms with E-state index >= 15 is 0 Å². The highest BCUT2D eigenvalue weighted by Gasteiger charge is 2.17. The molecule has 0 radical (unpaired) electrons. The number of amides is 1. The Hall–Kier alpha value is -3.72. The van der Waals surface area contributed by atoms with Gasteiger partial charge in [-0.05, 0) is 37.6 Å². The van der Waals surface area contributed by atoms with Crippen LogP contribution in [0.1, 0.15) is 18.3 Å². The number of nitrogens with one attached hydrogen (secondary N) is 3. The molecule has 0 fully saturated rings. The molecule has 1 aromatic heterocycles. The molecule has 0 aliphatic rings. The summed E-state index contributed by atoms with van der Waals surface area (Å²) in [6, 6.07) is 15.1. The summed E-state index contributed by atoms with van der Waals surface area (Å²) in [5.74, 6) is 1.53. The largest absolute Gasteiger partial charge is 0.495 e. The minimum atomic E-state index is -0.123. The summed E-state index contributed by atoms with van der Waals surface area (Å²) >= 11 is 0. The van der Waals surface area contributed by atoms with E-state index in [1.54, 1.807) is 19.2 Å². The predicted molar refractivity (Wildman–Crippen MR) is 120 cm³/mol. The third-order valence-corrected chi connectivity index (χ3v) is 4.79. The van der Waals surface area contributed by atoms with Crippen LogP contribution in [0.25, 0.3) is 0 Å². The Morgan fingerprint density at radius 3 is 2.48 bits per heavy atom. The Balaban J connectivity index is 1.67. The molecule has 1 atom stereocenters. The maximum absolute atomic E-state index is 12.6. The third-order valence-electron chi connectivity index (χ3n) is 4.79. The van der Waals surface area contributed by atoms with E-state index in [4.69, 9.17) is 10.5 Å². The number of hydrogen-bond donors (Lipinski definition) is 4. The highest BCUT2D eigenvalue weighted by molar-refractivity contribution is 5.92. The number of nitrogen functional groups attached to an aromatic ring is 1. The number of hydrogen-bond acceptors (Lipinski definition) is 7. The minimum Gasteiger partial charge on any atom is -0.495 e. The van der Waals surface area contributed by atoms with Crippen LogP contribution in [-0.4, -0.2) is 41.1 Å². The van der Waals surface area contributed by atoms with Crippen LogP contribution >= 0.6 is 0 Å². The average Bonchev–Trinajstić information content (AvgIpc) is 2.75. The fourth-order valence-corrected chi connectivity index (χ4v) is 3.11. The van der Waals surface area contributed by atoms with E-state index in [0.29, 0.717) is 36.3 Å². The van der Waals surface area contributed by atoms with E-state index in [1.165, 1.54) is 0 Å². The Labute approximate surface area is 181 Å². The minimum absolute atomic E-state index is 0.123. The van der Waals surface area contributed by atoms with Crippen molar-refractivity contribution < 1.29 is 14.4 Å². The van der Waals surface area contributed by atoms with Crippen LogP contribution < -0.4 is 26.0 Å². The SMILES string of the molecule is CC[NH+](CC(=O)Nc1ccccc1OC)Cc1nc(N)nc(Nc2ccccc2C)n1. The number of benzene rings is 2. The van der Waals surface area contributed by atoms with Crippen LogP contribution in [0, 0.1) is 6.92 Å². The molecule has 162 valence electrons. The van der Waals surface area contributed by atoms with Gasteiger partial charge in [0, 0.05) is 5.69 Å². The lowest BCUT2D eigenvalue weighted by atomic mass is 10.2. The Kier molecular flexibility index (Phi) is 7.34. The quantitative estimate of drug-likeness (QED) is 0.413. The lowest BCUT2D eigenvalue weighted by Gasteiger charge is -2.17. The molecule has 1 amide bonds. The lowest BCUT2D eigenvalue weighted by Crippen LogP contribution is -3.11. The van der Waals surface area contributed by atoms with E-state index in [0.717, 1.165) is 16.2 Å². The molecule has 1 unspecified atom stereocenters. The normalized spacial score (nSPS) is 11.6. The average molecular weight is 423 g/mol. The van der Waals surface area contributed by atoms with Crippen LogP contribution in [0.15, 0.2) is 48.5 Å². The van der Waals surface area contributed by atoms with Crippen molar-refractivity contribution >= 4 is 29.2 Å². The number of ether oxygens (including phenoxy) is 1. The number of carbonyl (C=O) groups excluding carboxylic acids is 1. The second-order valence-corrected chi connectivity index (χ2v) is 7.08. The molecular formula is C22H28N7O2+. The van der Waals surface area contributed by atoms with Crippen molar-refractivity contribution in [2.45, 2.75) is 20.4 Å². The molecular weight excluding hydrogens is 394 g/mol. The van der Waals surface area contributed by atoms with Crippen molar-refractivity contribution in [3.8, 4) is 5.75 Å². The highest BCUT2D eigenvalue weighted by atomic mass is 16.5. The van der Waals surface area contributed by atoms with Crippen LogP contribution in [0.2, 0.25) is 0 Å². The molecule has 0 saturated carbocycles. The molecule has 0 aliphatic heterocycles. The topological polar surface area (TPSA) is 119 Å². The molecule has 0 spiro atoms. The summed E-state index contributed by atoms with van der Waals surface area (Å²) < 4.78 is 5.29. The number of likely N-dealkylation sites (N-methyl/N-ethyl adjacent to an activating group) is 1. The Morgan fingerprint density at radius 2 is 1.77 bits per heavy atom. The molecule has 3 rings (SSSR count). The van der Waals surface area contributed by atoms with Gasteiger partial charge in [-0.3, -0.25) is 4.79 Å². The number of rotatable bonds is 9. The number of methoxy groups -OCH3 is 1. The van der Waals surface area contributed by atoms with Gasteiger partial charge in [0.15, 0.2) is 12.4 Å².